The molecule has 0 atom stereocenters. The molecule has 0 aliphatic heterocycles. The summed E-state index contributed by atoms with van der Waals surface area (Å²) in [6, 6.07) is 34.0. The van der Waals surface area contributed by atoms with Crippen molar-refractivity contribution in [3.05, 3.63) is 121 Å². The van der Waals surface area contributed by atoms with E-state index in [1.54, 1.807) is 0 Å². The zero-order chi connectivity index (χ0) is 24.2. The predicted octanol–water partition coefficient (Wildman–Crippen LogP) is 9.15. The van der Waals surface area contributed by atoms with Crippen LogP contribution in [0, 0.1) is 0 Å². The van der Waals surface area contributed by atoms with Crippen molar-refractivity contribution in [2.45, 2.75) is 6.92 Å². The van der Waals surface area contributed by atoms with Crippen LogP contribution < -0.4 is 0 Å². The quantitative estimate of drug-likeness (QED) is 0.255. The maximum atomic E-state index is 6.32. The van der Waals surface area contributed by atoms with Gasteiger partial charge in [0.25, 0.3) is 0 Å². The van der Waals surface area contributed by atoms with Gasteiger partial charge in [-0.05, 0) is 67.6 Å². The molecule has 3 heteroatoms. The van der Waals surface area contributed by atoms with Crippen LogP contribution in [0.4, 0.5) is 0 Å². The van der Waals surface area contributed by atoms with Gasteiger partial charge in [-0.15, -0.1) is 0 Å². The van der Waals surface area contributed by atoms with Crippen molar-refractivity contribution in [1.29, 1.82) is 0 Å². The second kappa shape index (κ2) is 7.89. The van der Waals surface area contributed by atoms with Gasteiger partial charge in [0, 0.05) is 33.1 Å². The van der Waals surface area contributed by atoms with Gasteiger partial charge in [0.2, 0.25) is 0 Å². The molecule has 172 valence electrons. The van der Waals surface area contributed by atoms with Crippen molar-refractivity contribution in [2.24, 2.45) is 0 Å². The number of benzene rings is 4. The minimum Gasteiger partial charge on any atom is -0.454 e. The molecule has 0 unspecified atom stereocenters. The summed E-state index contributed by atoms with van der Waals surface area (Å²) >= 11 is 0. The summed E-state index contributed by atoms with van der Waals surface area (Å²) in [5.41, 5.74) is 9.75. The van der Waals surface area contributed by atoms with E-state index in [4.69, 9.17) is 4.42 Å². The number of fused-ring (bicyclic) bond motifs is 6. The van der Waals surface area contributed by atoms with E-state index in [-0.39, 0.29) is 0 Å². The van der Waals surface area contributed by atoms with Crippen molar-refractivity contribution in [3.63, 3.8) is 0 Å². The van der Waals surface area contributed by atoms with E-state index in [0.29, 0.717) is 0 Å². The van der Waals surface area contributed by atoms with Crippen LogP contribution in [0.25, 0.3) is 67.4 Å². The van der Waals surface area contributed by atoms with Crippen LogP contribution in [-0.4, -0.2) is 9.13 Å². The molecule has 0 spiro atoms. The zero-order valence-corrected chi connectivity index (χ0v) is 20.0. The van der Waals surface area contributed by atoms with Crippen LogP contribution in [0.3, 0.4) is 0 Å². The van der Waals surface area contributed by atoms with E-state index < -0.39 is 0 Å². The summed E-state index contributed by atoms with van der Waals surface area (Å²) in [5.74, 6) is 0. The Labute approximate surface area is 208 Å². The highest BCUT2D eigenvalue weighted by Crippen LogP contribution is 2.39. The van der Waals surface area contributed by atoms with Crippen LogP contribution in [0.15, 0.2) is 114 Å². The average Bonchev–Trinajstić information content (AvgIpc) is 3.56. The standard InChI is InChI=1S/C33H24N2O/c1-3-11-28-24(4-2)25-12-5-8-15-29(25)34(28)22-18-20-23(21-19-22)35-30-16-9-6-13-26(30)33-32(35)27-14-7-10-17-31(27)36-33/h3-21H,2H2,1H3/b11-3-. The summed E-state index contributed by atoms with van der Waals surface area (Å²) in [7, 11) is 0. The number of hydrogen-bond donors (Lipinski definition) is 0. The topological polar surface area (TPSA) is 23.0 Å². The Bertz CT molecular complexity index is 1950. The van der Waals surface area contributed by atoms with Crippen molar-refractivity contribution in [1.82, 2.24) is 9.13 Å². The Kier molecular flexibility index (Phi) is 4.52. The summed E-state index contributed by atoms with van der Waals surface area (Å²) in [5, 5.41) is 3.44. The van der Waals surface area contributed by atoms with E-state index in [0.717, 1.165) is 55.6 Å². The molecule has 4 aromatic carbocycles. The Balaban J connectivity index is 1.48. The highest BCUT2D eigenvalue weighted by atomic mass is 16.3. The van der Waals surface area contributed by atoms with Gasteiger partial charge >= 0.3 is 0 Å². The van der Waals surface area contributed by atoms with Crippen molar-refractivity contribution >= 4 is 56.0 Å². The van der Waals surface area contributed by atoms with E-state index in [1.165, 1.54) is 10.9 Å². The number of para-hydroxylation sites is 3. The van der Waals surface area contributed by atoms with E-state index in [1.807, 2.05) is 18.2 Å². The summed E-state index contributed by atoms with van der Waals surface area (Å²) in [4.78, 5) is 0. The SMILES string of the molecule is C=Cc1c(/C=C\C)n(-c2ccc(-n3c4ccccc4c4oc5ccccc5c43)cc2)c2ccccc12. The molecule has 0 amide bonds. The summed E-state index contributed by atoms with van der Waals surface area (Å²) < 4.78 is 11.0. The highest BCUT2D eigenvalue weighted by molar-refractivity contribution is 6.16. The molecule has 7 rings (SSSR count). The second-order valence-electron chi connectivity index (χ2n) is 9.00. The molecule has 0 radical (unpaired) electrons. The first kappa shape index (κ1) is 20.6. The van der Waals surface area contributed by atoms with Gasteiger partial charge in [0.1, 0.15) is 11.1 Å². The molecule has 36 heavy (non-hydrogen) atoms. The number of nitrogens with zero attached hydrogens (tertiary/aromatic N) is 2. The molecule has 0 fully saturated rings. The van der Waals surface area contributed by atoms with Crippen LogP contribution in [0.5, 0.6) is 0 Å². The molecule has 0 saturated heterocycles. The Morgan fingerprint density at radius 1 is 0.667 bits per heavy atom. The Hall–Kier alpha value is -4.76. The predicted molar refractivity (Wildman–Crippen MR) is 152 cm³/mol. The fourth-order valence-electron chi connectivity index (χ4n) is 5.54. The minimum atomic E-state index is 0.908. The molecule has 3 aromatic heterocycles. The van der Waals surface area contributed by atoms with E-state index in [9.17, 15) is 0 Å². The van der Waals surface area contributed by atoms with Crippen molar-refractivity contribution in [3.8, 4) is 11.4 Å². The van der Waals surface area contributed by atoms with Gasteiger partial charge in [-0.1, -0.05) is 61.2 Å². The number of hydrogen-bond acceptors (Lipinski definition) is 1. The number of rotatable bonds is 4. The zero-order valence-electron chi connectivity index (χ0n) is 20.0. The first-order valence-corrected chi connectivity index (χ1v) is 12.2. The number of aromatic nitrogens is 2. The molecule has 0 N–H and O–H groups in total. The first-order chi connectivity index (χ1) is 17.8. The lowest BCUT2D eigenvalue weighted by Crippen LogP contribution is -1.99. The molecule has 3 nitrogen and oxygen atoms in total. The number of allylic oxidation sites excluding steroid dienone is 1. The maximum absolute atomic E-state index is 6.32. The van der Waals surface area contributed by atoms with E-state index >= 15 is 0 Å². The highest BCUT2D eigenvalue weighted by Gasteiger charge is 2.19. The molecule has 0 aliphatic carbocycles. The maximum Gasteiger partial charge on any atom is 0.161 e. The van der Waals surface area contributed by atoms with Crippen molar-refractivity contribution < 1.29 is 4.42 Å². The van der Waals surface area contributed by atoms with Gasteiger partial charge in [-0.3, -0.25) is 0 Å². The fraction of sp³-hybridized carbons (Fsp3) is 0.0303. The van der Waals surface area contributed by atoms with Gasteiger partial charge in [0.15, 0.2) is 5.58 Å². The lowest BCUT2D eigenvalue weighted by atomic mass is 10.1. The fourth-order valence-corrected chi connectivity index (χ4v) is 5.54. The smallest absolute Gasteiger partial charge is 0.161 e. The Morgan fingerprint density at radius 3 is 1.94 bits per heavy atom. The summed E-state index contributed by atoms with van der Waals surface area (Å²) in [6.45, 7) is 6.15. The monoisotopic (exact) mass is 464 g/mol. The van der Waals surface area contributed by atoms with Crippen molar-refractivity contribution in [2.75, 3.05) is 0 Å². The molecular weight excluding hydrogens is 440 g/mol. The second-order valence-corrected chi connectivity index (χ2v) is 9.00. The lowest BCUT2D eigenvalue weighted by Gasteiger charge is -2.12. The van der Waals surface area contributed by atoms with Crippen LogP contribution in [-0.2, 0) is 0 Å². The molecule has 0 bridgehead atoms. The first-order valence-electron chi connectivity index (χ1n) is 12.2. The third-order valence-corrected chi connectivity index (χ3v) is 7.03. The van der Waals surface area contributed by atoms with Crippen LogP contribution >= 0.6 is 0 Å². The summed E-state index contributed by atoms with van der Waals surface area (Å²) in [6.07, 6.45) is 6.19. The van der Waals surface area contributed by atoms with E-state index in [2.05, 4.69) is 120 Å². The largest absolute Gasteiger partial charge is 0.454 e. The third-order valence-electron chi connectivity index (χ3n) is 7.03. The molecule has 7 aromatic rings. The third kappa shape index (κ3) is 2.80. The lowest BCUT2D eigenvalue weighted by molar-refractivity contribution is 0.673. The van der Waals surface area contributed by atoms with Gasteiger partial charge < -0.3 is 13.6 Å². The normalized spacial score (nSPS) is 12.0. The molecule has 0 aliphatic rings. The average molecular weight is 465 g/mol. The molecule has 0 saturated carbocycles. The minimum absolute atomic E-state index is 0.908. The number of furan rings is 1. The van der Waals surface area contributed by atoms with Crippen LogP contribution in [0.2, 0.25) is 0 Å². The van der Waals surface area contributed by atoms with Gasteiger partial charge in [-0.25, -0.2) is 0 Å². The van der Waals surface area contributed by atoms with Gasteiger partial charge in [-0.2, -0.15) is 0 Å². The molecular formula is C33H24N2O. The molecule has 3 heterocycles. The van der Waals surface area contributed by atoms with Crippen LogP contribution in [0.1, 0.15) is 18.2 Å². The van der Waals surface area contributed by atoms with Gasteiger partial charge in [0.05, 0.1) is 16.7 Å². The Morgan fingerprint density at radius 2 is 1.25 bits per heavy atom.